The number of aryl methyl sites for hydroxylation is 3. The van der Waals surface area contributed by atoms with Crippen LogP contribution in [0.4, 0.5) is 13.2 Å². The predicted molar refractivity (Wildman–Crippen MR) is 103 cm³/mol. The molecule has 1 fully saturated rings. The first-order valence-corrected chi connectivity index (χ1v) is 9.58. The number of rotatable bonds is 3. The number of hydrogen-bond donors (Lipinski definition) is 1. The molecule has 3 aromatic rings. The van der Waals surface area contributed by atoms with Crippen molar-refractivity contribution in [2.75, 3.05) is 13.1 Å². The van der Waals surface area contributed by atoms with Gasteiger partial charge in [-0.25, -0.2) is 9.50 Å². The van der Waals surface area contributed by atoms with Crippen LogP contribution in [0.25, 0.3) is 5.65 Å². The molecule has 0 spiro atoms. The highest BCUT2D eigenvalue weighted by Gasteiger charge is 2.35. The molecule has 8 heteroatoms. The first-order chi connectivity index (χ1) is 13.6. The Morgan fingerprint density at radius 3 is 2.45 bits per heavy atom. The summed E-state index contributed by atoms with van der Waals surface area (Å²) in [5, 5.41) is 14.2. The fourth-order valence-electron chi connectivity index (χ4n) is 4.13. The van der Waals surface area contributed by atoms with Gasteiger partial charge in [-0.2, -0.15) is 18.3 Å². The molecule has 1 aromatic carbocycles. The van der Waals surface area contributed by atoms with Crippen molar-refractivity contribution < 1.29 is 18.3 Å². The van der Waals surface area contributed by atoms with Gasteiger partial charge >= 0.3 is 6.18 Å². The summed E-state index contributed by atoms with van der Waals surface area (Å²) in [6.45, 7) is 7.61. The number of phenols is 1. The molecule has 1 aliphatic rings. The van der Waals surface area contributed by atoms with Crippen molar-refractivity contribution in [1.29, 1.82) is 0 Å². The van der Waals surface area contributed by atoms with E-state index in [4.69, 9.17) is 0 Å². The highest BCUT2D eigenvalue weighted by atomic mass is 19.4. The third-order valence-electron chi connectivity index (χ3n) is 5.51. The second-order valence-corrected chi connectivity index (χ2v) is 7.92. The number of phenolic OH excluding ortho intramolecular Hbond substituents is 1. The summed E-state index contributed by atoms with van der Waals surface area (Å²) in [7, 11) is 0. The van der Waals surface area contributed by atoms with Gasteiger partial charge in [-0.15, -0.1) is 0 Å². The number of aromatic nitrogens is 3. The van der Waals surface area contributed by atoms with Crippen LogP contribution in [0.2, 0.25) is 0 Å². The van der Waals surface area contributed by atoms with E-state index in [0.717, 1.165) is 53.3 Å². The Morgan fingerprint density at radius 2 is 1.79 bits per heavy atom. The zero-order valence-corrected chi connectivity index (χ0v) is 16.6. The Labute approximate surface area is 166 Å². The fraction of sp³-hybridized carbons (Fsp3) is 0.429. The number of alkyl halides is 3. The quantitative estimate of drug-likeness (QED) is 0.704. The highest BCUT2D eigenvalue weighted by molar-refractivity contribution is 5.44. The maximum absolute atomic E-state index is 13.4. The van der Waals surface area contributed by atoms with E-state index in [1.54, 1.807) is 13.0 Å². The number of likely N-dealkylation sites (tertiary alicyclic amines) is 1. The molecule has 4 rings (SSSR count). The third kappa shape index (κ3) is 3.81. The van der Waals surface area contributed by atoms with Crippen molar-refractivity contribution >= 4 is 5.65 Å². The predicted octanol–water partition coefficient (Wildman–Crippen LogP) is 4.37. The van der Waals surface area contributed by atoms with E-state index in [2.05, 4.69) is 15.0 Å². The molecule has 1 aliphatic heterocycles. The summed E-state index contributed by atoms with van der Waals surface area (Å²) >= 11 is 0. The summed E-state index contributed by atoms with van der Waals surface area (Å²) in [4.78, 5) is 6.49. The summed E-state index contributed by atoms with van der Waals surface area (Å²) in [6.07, 6.45) is -3.65. The summed E-state index contributed by atoms with van der Waals surface area (Å²) in [6, 6.07) is 6.65. The van der Waals surface area contributed by atoms with Crippen LogP contribution in [0.5, 0.6) is 5.75 Å². The average molecular weight is 404 g/mol. The van der Waals surface area contributed by atoms with E-state index in [0.29, 0.717) is 17.1 Å². The minimum Gasteiger partial charge on any atom is -0.507 e. The number of aromatic hydroxyl groups is 1. The summed E-state index contributed by atoms with van der Waals surface area (Å²) < 4.78 is 41.0. The van der Waals surface area contributed by atoms with E-state index in [9.17, 15) is 18.3 Å². The number of fused-ring (bicyclic) bond motifs is 1. The van der Waals surface area contributed by atoms with E-state index in [1.807, 2.05) is 26.0 Å². The summed E-state index contributed by atoms with van der Waals surface area (Å²) in [5.41, 5.74) is 3.21. The van der Waals surface area contributed by atoms with Gasteiger partial charge in [0.2, 0.25) is 0 Å². The molecule has 1 N–H and O–H groups in total. The van der Waals surface area contributed by atoms with Gasteiger partial charge in [0, 0.05) is 30.8 Å². The van der Waals surface area contributed by atoms with Crippen LogP contribution in [0.15, 0.2) is 24.3 Å². The maximum Gasteiger partial charge on any atom is 0.433 e. The second-order valence-electron chi connectivity index (χ2n) is 7.92. The normalized spacial score (nSPS) is 18.1. The van der Waals surface area contributed by atoms with Crippen LogP contribution < -0.4 is 0 Å². The van der Waals surface area contributed by atoms with Crippen LogP contribution >= 0.6 is 0 Å². The second kappa shape index (κ2) is 7.02. The number of benzene rings is 1. The topological polar surface area (TPSA) is 53.7 Å². The molecule has 0 saturated carbocycles. The van der Waals surface area contributed by atoms with Gasteiger partial charge in [0.25, 0.3) is 0 Å². The molecule has 1 saturated heterocycles. The fourth-order valence-corrected chi connectivity index (χ4v) is 4.13. The zero-order valence-electron chi connectivity index (χ0n) is 16.6. The number of nitrogens with zero attached hydrogens (tertiary/aromatic N) is 4. The molecule has 0 bridgehead atoms. The smallest absolute Gasteiger partial charge is 0.433 e. The van der Waals surface area contributed by atoms with Crippen molar-refractivity contribution in [3.05, 3.63) is 58.0 Å². The highest BCUT2D eigenvalue weighted by Crippen LogP contribution is 2.33. The molecule has 0 radical (unpaired) electrons. The van der Waals surface area contributed by atoms with Gasteiger partial charge in [0.05, 0.1) is 5.69 Å². The zero-order chi connectivity index (χ0) is 20.9. The van der Waals surface area contributed by atoms with E-state index >= 15 is 0 Å². The van der Waals surface area contributed by atoms with Gasteiger partial charge in [0.1, 0.15) is 11.4 Å². The Balaban J connectivity index is 1.56. The van der Waals surface area contributed by atoms with Gasteiger partial charge in [-0.3, -0.25) is 4.90 Å². The lowest BCUT2D eigenvalue weighted by molar-refractivity contribution is -0.142. The molecular weight excluding hydrogens is 381 g/mol. The van der Waals surface area contributed by atoms with Crippen LogP contribution in [0, 0.1) is 20.8 Å². The molecule has 154 valence electrons. The van der Waals surface area contributed by atoms with Crippen LogP contribution in [0.3, 0.4) is 0 Å². The van der Waals surface area contributed by atoms with Crippen LogP contribution in [0.1, 0.15) is 46.1 Å². The van der Waals surface area contributed by atoms with E-state index in [-0.39, 0.29) is 11.6 Å². The molecule has 5 nitrogen and oxygen atoms in total. The number of halogens is 3. The van der Waals surface area contributed by atoms with Crippen LogP contribution in [-0.4, -0.2) is 37.7 Å². The Morgan fingerprint density at radius 1 is 1.10 bits per heavy atom. The minimum absolute atomic E-state index is 0.0670. The SMILES string of the molecule is Cc1cc(C(F)(F)F)n2nc(C3CCN(Cc4cc(C)c(O)c(C)c4)C3)cc2n1. The van der Waals surface area contributed by atoms with Crippen molar-refractivity contribution in [1.82, 2.24) is 19.5 Å². The van der Waals surface area contributed by atoms with Gasteiger partial charge < -0.3 is 5.11 Å². The Hall–Kier alpha value is -2.61. The lowest BCUT2D eigenvalue weighted by atomic mass is 10.0. The lowest BCUT2D eigenvalue weighted by Crippen LogP contribution is -2.20. The Bertz CT molecular complexity index is 1050. The first-order valence-electron chi connectivity index (χ1n) is 9.58. The van der Waals surface area contributed by atoms with E-state index in [1.165, 1.54) is 0 Å². The van der Waals surface area contributed by atoms with Gasteiger partial charge in [0.15, 0.2) is 5.65 Å². The number of hydrogen-bond acceptors (Lipinski definition) is 4. The van der Waals surface area contributed by atoms with Gasteiger partial charge in [-0.05, 0) is 56.5 Å². The molecule has 2 aromatic heterocycles. The largest absolute Gasteiger partial charge is 0.507 e. The van der Waals surface area contributed by atoms with Crippen LogP contribution in [-0.2, 0) is 12.7 Å². The Kier molecular flexibility index (Phi) is 4.77. The average Bonchev–Trinajstić information content (AvgIpc) is 3.24. The minimum atomic E-state index is -4.48. The monoisotopic (exact) mass is 404 g/mol. The lowest BCUT2D eigenvalue weighted by Gasteiger charge is -2.17. The van der Waals surface area contributed by atoms with Gasteiger partial charge in [-0.1, -0.05) is 12.1 Å². The van der Waals surface area contributed by atoms with Crippen molar-refractivity contribution in [3.63, 3.8) is 0 Å². The molecule has 3 heterocycles. The molecule has 0 amide bonds. The molecule has 0 aliphatic carbocycles. The summed E-state index contributed by atoms with van der Waals surface area (Å²) in [5.74, 6) is 0.387. The molecule has 1 unspecified atom stereocenters. The molecule has 1 atom stereocenters. The standard InChI is InChI=1S/C21H23F3N4O/c1-12-6-15(7-13(2)20(12)29)10-27-5-4-16(11-27)17-9-19-25-14(3)8-18(21(22,23)24)28(19)26-17/h6-9,16,29H,4-5,10-11H2,1-3H3. The van der Waals surface area contributed by atoms with Crippen molar-refractivity contribution in [3.8, 4) is 5.75 Å². The third-order valence-corrected chi connectivity index (χ3v) is 5.51. The van der Waals surface area contributed by atoms with E-state index < -0.39 is 11.9 Å². The first kappa shape index (κ1) is 19.7. The van der Waals surface area contributed by atoms with Crippen molar-refractivity contribution in [2.45, 2.75) is 45.8 Å². The molecule has 29 heavy (non-hydrogen) atoms. The maximum atomic E-state index is 13.4. The molecular formula is C21H23F3N4O. The van der Waals surface area contributed by atoms with Crippen molar-refractivity contribution in [2.24, 2.45) is 0 Å².